The van der Waals surface area contributed by atoms with Gasteiger partial charge in [0, 0.05) is 12.6 Å². The molecule has 0 saturated carbocycles. The lowest BCUT2D eigenvalue weighted by atomic mass is 9.87. The molecule has 0 aromatic heterocycles. The van der Waals surface area contributed by atoms with E-state index in [9.17, 15) is 10.2 Å². The van der Waals surface area contributed by atoms with Crippen molar-refractivity contribution >= 4 is 23.2 Å². The number of halogens is 2. The molecule has 3 atom stereocenters. The Bertz CT molecular complexity index is 527. The molecule has 0 amide bonds. The van der Waals surface area contributed by atoms with E-state index in [1.165, 1.54) is 0 Å². The number of nitrogens with one attached hydrogen (secondary N) is 1. The van der Waals surface area contributed by atoms with Crippen LogP contribution in [0.3, 0.4) is 0 Å². The Kier molecular flexibility index (Phi) is 7.29. The number of rotatable bonds is 4. The van der Waals surface area contributed by atoms with Crippen molar-refractivity contribution in [1.82, 2.24) is 5.32 Å². The van der Waals surface area contributed by atoms with Gasteiger partial charge in [-0.25, -0.2) is 0 Å². The van der Waals surface area contributed by atoms with Gasteiger partial charge < -0.3 is 20.1 Å². The summed E-state index contributed by atoms with van der Waals surface area (Å²) in [7, 11) is 1.00. The SMILES string of the molecule is CC1(C)N[C@](C)(CC(O)c2ccc(Cl)c(Cl)c2)C(CO)O1.CO. The van der Waals surface area contributed by atoms with Crippen molar-refractivity contribution in [3.05, 3.63) is 33.8 Å². The maximum Gasteiger partial charge on any atom is 0.114 e. The highest BCUT2D eigenvalue weighted by Crippen LogP contribution is 2.37. The Hall–Kier alpha value is -0.400. The molecule has 1 heterocycles. The van der Waals surface area contributed by atoms with Crippen molar-refractivity contribution < 1.29 is 20.1 Å². The number of benzene rings is 1. The van der Waals surface area contributed by atoms with E-state index in [2.05, 4.69) is 5.32 Å². The second kappa shape index (κ2) is 8.12. The summed E-state index contributed by atoms with van der Waals surface area (Å²) < 4.78 is 5.77. The number of aliphatic hydroxyl groups is 3. The van der Waals surface area contributed by atoms with Gasteiger partial charge in [-0.1, -0.05) is 29.3 Å². The summed E-state index contributed by atoms with van der Waals surface area (Å²) in [6, 6.07) is 5.07. The maximum atomic E-state index is 10.5. The van der Waals surface area contributed by atoms with Crippen LogP contribution in [0.1, 0.15) is 38.9 Å². The first kappa shape index (κ1) is 20.6. The van der Waals surface area contributed by atoms with Crippen LogP contribution in [-0.4, -0.2) is 46.4 Å². The minimum atomic E-state index is -0.733. The highest BCUT2D eigenvalue weighted by Gasteiger charge is 2.48. The molecule has 2 rings (SSSR count). The van der Waals surface area contributed by atoms with Gasteiger partial charge in [-0.3, -0.25) is 5.32 Å². The highest BCUT2D eigenvalue weighted by molar-refractivity contribution is 6.42. The fourth-order valence-electron chi connectivity index (χ4n) is 2.94. The van der Waals surface area contributed by atoms with Gasteiger partial charge in [0.25, 0.3) is 0 Å². The molecule has 1 saturated heterocycles. The zero-order chi connectivity index (χ0) is 17.8. The maximum absolute atomic E-state index is 10.5. The molecule has 1 aromatic carbocycles. The predicted octanol–water partition coefficient (Wildman–Crippen LogP) is 2.50. The number of aliphatic hydroxyl groups excluding tert-OH is 3. The monoisotopic (exact) mass is 365 g/mol. The van der Waals surface area contributed by atoms with E-state index >= 15 is 0 Å². The molecule has 2 unspecified atom stereocenters. The third-order valence-electron chi connectivity index (χ3n) is 3.85. The van der Waals surface area contributed by atoms with Crippen LogP contribution in [0.5, 0.6) is 0 Å². The van der Waals surface area contributed by atoms with Crippen LogP contribution in [0.25, 0.3) is 0 Å². The molecule has 0 radical (unpaired) electrons. The second-order valence-corrected chi connectivity index (χ2v) is 7.05. The van der Waals surface area contributed by atoms with Crippen LogP contribution in [0.15, 0.2) is 18.2 Å². The largest absolute Gasteiger partial charge is 0.400 e. The van der Waals surface area contributed by atoms with Crippen molar-refractivity contribution in [3.63, 3.8) is 0 Å². The summed E-state index contributed by atoms with van der Waals surface area (Å²) in [5.41, 5.74) is -0.391. The van der Waals surface area contributed by atoms with Crippen LogP contribution in [0.4, 0.5) is 0 Å². The van der Waals surface area contributed by atoms with Gasteiger partial charge >= 0.3 is 0 Å². The molecule has 1 fully saturated rings. The summed E-state index contributed by atoms with van der Waals surface area (Å²) >= 11 is 11.9. The van der Waals surface area contributed by atoms with E-state index in [1.54, 1.807) is 18.2 Å². The molecule has 1 aromatic rings. The van der Waals surface area contributed by atoms with Crippen molar-refractivity contribution in [3.8, 4) is 0 Å². The van der Waals surface area contributed by atoms with Crippen LogP contribution >= 0.6 is 23.2 Å². The molecule has 4 N–H and O–H groups in total. The summed E-state index contributed by atoms with van der Waals surface area (Å²) in [6.45, 7) is 5.61. The van der Waals surface area contributed by atoms with E-state index < -0.39 is 17.4 Å². The van der Waals surface area contributed by atoms with E-state index in [1.807, 2.05) is 20.8 Å². The Balaban J connectivity index is 0.00000127. The van der Waals surface area contributed by atoms with Crippen LogP contribution in [0, 0.1) is 0 Å². The van der Waals surface area contributed by atoms with Crippen LogP contribution < -0.4 is 5.32 Å². The summed E-state index contributed by atoms with van der Waals surface area (Å²) in [6.07, 6.45) is -0.728. The molecular formula is C16H25Cl2NO4. The van der Waals surface area contributed by atoms with E-state index in [0.717, 1.165) is 7.11 Å². The summed E-state index contributed by atoms with van der Waals surface area (Å²) in [4.78, 5) is 0. The van der Waals surface area contributed by atoms with Crippen LogP contribution in [0.2, 0.25) is 10.0 Å². The van der Waals surface area contributed by atoms with Gasteiger partial charge in [0.1, 0.15) is 11.8 Å². The third-order valence-corrected chi connectivity index (χ3v) is 4.58. The predicted molar refractivity (Wildman–Crippen MR) is 91.8 cm³/mol. The first-order valence-electron chi connectivity index (χ1n) is 7.32. The van der Waals surface area contributed by atoms with Gasteiger partial charge in [0.2, 0.25) is 0 Å². The Morgan fingerprint density at radius 2 is 1.83 bits per heavy atom. The minimum Gasteiger partial charge on any atom is -0.400 e. The smallest absolute Gasteiger partial charge is 0.114 e. The molecule has 1 aliphatic heterocycles. The first-order chi connectivity index (χ1) is 10.7. The molecule has 7 heteroatoms. The molecule has 5 nitrogen and oxygen atoms in total. The molecule has 0 bridgehead atoms. The molecular weight excluding hydrogens is 341 g/mol. The van der Waals surface area contributed by atoms with Gasteiger partial charge in [-0.15, -0.1) is 0 Å². The fourth-order valence-corrected chi connectivity index (χ4v) is 3.25. The lowest BCUT2D eigenvalue weighted by molar-refractivity contribution is -0.0526. The Labute approximate surface area is 147 Å². The van der Waals surface area contributed by atoms with Crippen molar-refractivity contribution in [2.24, 2.45) is 0 Å². The lowest BCUT2D eigenvalue weighted by Gasteiger charge is -2.31. The van der Waals surface area contributed by atoms with Crippen molar-refractivity contribution in [2.75, 3.05) is 13.7 Å². The average Bonchev–Trinajstić information content (AvgIpc) is 2.72. The van der Waals surface area contributed by atoms with Crippen molar-refractivity contribution in [1.29, 1.82) is 0 Å². The van der Waals surface area contributed by atoms with E-state index in [-0.39, 0.29) is 12.7 Å². The molecule has 23 heavy (non-hydrogen) atoms. The normalized spacial score (nSPS) is 27.3. The lowest BCUT2D eigenvalue weighted by Crippen LogP contribution is -2.50. The summed E-state index contributed by atoms with van der Waals surface area (Å²) in [5, 5.41) is 31.2. The Morgan fingerprint density at radius 1 is 1.22 bits per heavy atom. The third kappa shape index (κ3) is 5.03. The quantitative estimate of drug-likeness (QED) is 0.658. The summed E-state index contributed by atoms with van der Waals surface area (Å²) in [5.74, 6) is 0. The fraction of sp³-hybridized carbons (Fsp3) is 0.625. The second-order valence-electron chi connectivity index (χ2n) is 6.24. The first-order valence-corrected chi connectivity index (χ1v) is 8.08. The topological polar surface area (TPSA) is 82.0 Å². The van der Waals surface area contributed by atoms with E-state index in [0.29, 0.717) is 22.0 Å². The van der Waals surface area contributed by atoms with E-state index in [4.69, 9.17) is 33.0 Å². The number of hydrogen-bond donors (Lipinski definition) is 4. The van der Waals surface area contributed by atoms with Gasteiger partial charge in [0.15, 0.2) is 0 Å². The molecule has 0 spiro atoms. The number of ether oxygens (including phenoxy) is 1. The van der Waals surface area contributed by atoms with Gasteiger partial charge in [0.05, 0.1) is 22.8 Å². The zero-order valence-corrected chi connectivity index (χ0v) is 15.3. The molecule has 132 valence electrons. The van der Waals surface area contributed by atoms with Crippen molar-refractivity contribution in [2.45, 2.75) is 50.7 Å². The molecule has 1 aliphatic rings. The molecule has 0 aliphatic carbocycles. The van der Waals surface area contributed by atoms with Gasteiger partial charge in [-0.05, 0) is 44.9 Å². The Morgan fingerprint density at radius 3 is 2.35 bits per heavy atom. The average molecular weight is 366 g/mol. The van der Waals surface area contributed by atoms with Gasteiger partial charge in [-0.2, -0.15) is 0 Å². The standard InChI is InChI=1S/C15H21Cl2NO3.CH4O/c1-14(2)18-15(3,13(8-19)21-14)7-12(20)9-4-5-10(16)11(17)6-9;1-2/h4-6,12-13,18-20H,7-8H2,1-3H3;2H,1H3/t12?,13?,15-;/m1./s1. The minimum absolute atomic E-state index is 0.110. The number of hydrogen-bond acceptors (Lipinski definition) is 5. The van der Waals surface area contributed by atoms with Crippen LogP contribution in [-0.2, 0) is 4.74 Å². The zero-order valence-electron chi connectivity index (χ0n) is 13.8. The highest BCUT2D eigenvalue weighted by atomic mass is 35.5.